The molecule has 1 unspecified atom stereocenters. The van der Waals surface area contributed by atoms with E-state index in [1.54, 1.807) is 0 Å². The number of hydrogen-bond donors (Lipinski definition) is 2. The van der Waals surface area contributed by atoms with Crippen molar-refractivity contribution in [3.05, 3.63) is 34.3 Å². The first-order valence-electron chi connectivity index (χ1n) is 6.09. The molecule has 1 rings (SSSR count). The lowest BCUT2D eigenvalue weighted by molar-refractivity contribution is -0.138. The summed E-state index contributed by atoms with van der Waals surface area (Å²) >= 11 is 5.95. The van der Waals surface area contributed by atoms with Crippen LogP contribution in [0.2, 0.25) is 5.02 Å². The maximum atomic E-state index is 12.2. The summed E-state index contributed by atoms with van der Waals surface area (Å²) in [7, 11) is 0. The Kier molecular flexibility index (Phi) is 6.06. The number of carbonyl (C=O) groups excluding carboxylic acids is 1. The van der Waals surface area contributed by atoms with Gasteiger partial charge < -0.3 is 11.1 Å². The maximum Gasteiger partial charge on any atom is 0.391 e. The second-order valence-electron chi connectivity index (χ2n) is 4.39. The van der Waals surface area contributed by atoms with E-state index in [0.717, 1.165) is 0 Å². The highest BCUT2D eigenvalue weighted by Gasteiger charge is 2.30. The minimum absolute atomic E-state index is 0.173. The molecule has 114 valence electrons. The first kappa shape index (κ1) is 17.3. The van der Waals surface area contributed by atoms with Crippen LogP contribution in [0.5, 0.6) is 0 Å². The van der Waals surface area contributed by atoms with Gasteiger partial charge in [0.25, 0.3) is 5.91 Å². The van der Waals surface area contributed by atoms with Crippen molar-refractivity contribution >= 4 is 17.5 Å². The van der Waals surface area contributed by atoms with E-state index in [4.69, 9.17) is 17.3 Å². The van der Waals surface area contributed by atoms with Crippen molar-refractivity contribution in [3.8, 4) is 11.8 Å². The van der Waals surface area contributed by atoms with Crippen molar-refractivity contribution in [2.24, 2.45) is 5.73 Å². The molecular formula is C14H14ClF3N2O. The van der Waals surface area contributed by atoms with E-state index in [2.05, 4.69) is 17.2 Å². The van der Waals surface area contributed by atoms with Crippen molar-refractivity contribution in [2.45, 2.75) is 25.6 Å². The van der Waals surface area contributed by atoms with Gasteiger partial charge in [-0.25, -0.2) is 0 Å². The molecule has 0 aliphatic heterocycles. The molecule has 0 saturated carbocycles. The number of alkyl halides is 3. The third-order valence-corrected chi connectivity index (χ3v) is 2.78. The maximum absolute atomic E-state index is 12.2. The van der Waals surface area contributed by atoms with Gasteiger partial charge in [0.1, 0.15) is 0 Å². The van der Waals surface area contributed by atoms with Crippen LogP contribution < -0.4 is 11.1 Å². The van der Waals surface area contributed by atoms with E-state index >= 15 is 0 Å². The average molecular weight is 319 g/mol. The van der Waals surface area contributed by atoms with Crippen molar-refractivity contribution in [1.29, 1.82) is 0 Å². The Morgan fingerprint density at radius 2 is 2.14 bits per heavy atom. The lowest BCUT2D eigenvalue weighted by atomic mass is 10.1. The second kappa shape index (κ2) is 7.34. The van der Waals surface area contributed by atoms with Crippen LogP contribution in [0.1, 0.15) is 29.3 Å². The van der Waals surface area contributed by atoms with Crippen LogP contribution in [-0.2, 0) is 0 Å². The van der Waals surface area contributed by atoms with Gasteiger partial charge in [-0.3, -0.25) is 4.79 Å². The third kappa shape index (κ3) is 6.06. The molecule has 7 heteroatoms. The van der Waals surface area contributed by atoms with Gasteiger partial charge in [-0.1, -0.05) is 23.4 Å². The predicted octanol–water partition coefficient (Wildman–Crippen LogP) is 2.72. The van der Waals surface area contributed by atoms with Crippen LogP contribution in [0.3, 0.4) is 0 Å². The fourth-order valence-electron chi connectivity index (χ4n) is 1.61. The minimum atomic E-state index is -4.33. The molecule has 0 aromatic heterocycles. The molecule has 1 aromatic rings. The zero-order chi connectivity index (χ0) is 16.0. The first-order valence-corrected chi connectivity index (χ1v) is 6.47. The van der Waals surface area contributed by atoms with Crippen LogP contribution in [0, 0.1) is 11.8 Å². The average Bonchev–Trinajstić information content (AvgIpc) is 2.34. The van der Waals surface area contributed by atoms with E-state index in [1.807, 2.05) is 0 Å². The highest BCUT2D eigenvalue weighted by molar-refractivity contribution is 6.32. The number of rotatable bonds is 3. The number of amides is 1. The largest absolute Gasteiger partial charge is 0.391 e. The molecule has 0 spiro atoms. The molecule has 0 bridgehead atoms. The molecule has 0 saturated heterocycles. The Morgan fingerprint density at radius 3 is 2.67 bits per heavy atom. The van der Waals surface area contributed by atoms with Gasteiger partial charge in [0.15, 0.2) is 0 Å². The summed E-state index contributed by atoms with van der Waals surface area (Å²) in [5.41, 5.74) is 5.91. The Morgan fingerprint density at radius 1 is 1.48 bits per heavy atom. The molecule has 3 N–H and O–H groups in total. The lowest BCUT2D eigenvalue weighted by Gasteiger charge is -2.16. The molecule has 21 heavy (non-hydrogen) atoms. The fraction of sp³-hybridized carbons (Fsp3) is 0.357. The van der Waals surface area contributed by atoms with Crippen LogP contribution in [0.15, 0.2) is 18.2 Å². The molecule has 0 heterocycles. The smallest absolute Gasteiger partial charge is 0.349 e. The number of nitrogens with two attached hydrogens (primary N) is 1. The zero-order valence-electron chi connectivity index (χ0n) is 11.2. The van der Waals surface area contributed by atoms with Gasteiger partial charge in [-0.2, -0.15) is 13.2 Å². The van der Waals surface area contributed by atoms with E-state index in [1.165, 1.54) is 25.1 Å². The topological polar surface area (TPSA) is 55.1 Å². The predicted molar refractivity (Wildman–Crippen MR) is 75.0 cm³/mol. The van der Waals surface area contributed by atoms with E-state index in [-0.39, 0.29) is 17.1 Å². The van der Waals surface area contributed by atoms with Gasteiger partial charge >= 0.3 is 6.18 Å². The van der Waals surface area contributed by atoms with Gasteiger partial charge in [0.2, 0.25) is 0 Å². The van der Waals surface area contributed by atoms with E-state index < -0.39 is 24.5 Å². The summed E-state index contributed by atoms with van der Waals surface area (Å²) in [6, 6.07) is 3.31. The molecule has 0 aliphatic rings. The number of benzene rings is 1. The van der Waals surface area contributed by atoms with Crippen molar-refractivity contribution < 1.29 is 18.0 Å². The Labute approximate surface area is 125 Å². The molecule has 3 nitrogen and oxygen atoms in total. The molecule has 0 aliphatic carbocycles. The second-order valence-corrected chi connectivity index (χ2v) is 4.80. The van der Waals surface area contributed by atoms with Crippen molar-refractivity contribution in [2.75, 3.05) is 6.54 Å². The summed E-state index contributed by atoms with van der Waals surface area (Å²) in [6.45, 7) is 1.46. The summed E-state index contributed by atoms with van der Waals surface area (Å²) in [4.78, 5) is 11.8. The summed E-state index contributed by atoms with van der Waals surface area (Å²) < 4.78 is 36.6. The normalized spacial score (nSPS) is 12.3. The number of hydrogen-bond acceptors (Lipinski definition) is 2. The van der Waals surface area contributed by atoms with Crippen molar-refractivity contribution in [1.82, 2.24) is 5.32 Å². The highest BCUT2D eigenvalue weighted by Crippen LogP contribution is 2.22. The Bertz CT molecular complexity index is 576. The number of nitrogens with one attached hydrogen (secondary N) is 1. The fourth-order valence-corrected chi connectivity index (χ4v) is 1.84. The van der Waals surface area contributed by atoms with Crippen LogP contribution in [-0.4, -0.2) is 24.7 Å². The van der Waals surface area contributed by atoms with Gasteiger partial charge in [-0.05, 0) is 25.1 Å². The Balaban J connectivity index is 2.78. The van der Waals surface area contributed by atoms with E-state index in [9.17, 15) is 18.0 Å². The zero-order valence-corrected chi connectivity index (χ0v) is 12.0. The molecule has 0 radical (unpaired) electrons. The number of halogens is 4. The monoisotopic (exact) mass is 318 g/mol. The minimum Gasteiger partial charge on any atom is -0.349 e. The van der Waals surface area contributed by atoms with Gasteiger partial charge in [-0.15, -0.1) is 0 Å². The van der Waals surface area contributed by atoms with Crippen LogP contribution >= 0.6 is 11.6 Å². The highest BCUT2D eigenvalue weighted by atomic mass is 35.5. The molecule has 1 atom stereocenters. The van der Waals surface area contributed by atoms with Crippen molar-refractivity contribution in [3.63, 3.8) is 0 Å². The summed E-state index contributed by atoms with van der Waals surface area (Å²) in [5.74, 6) is 4.72. The lowest BCUT2D eigenvalue weighted by Crippen LogP contribution is -2.35. The number of carbonyl (C=O) groups is 1. The molecule has 1 amide bonds. The molecular weight excluding hydrogens is 305 g/mol. The van der Waals surface area contributed by atoms with Crippen LogP contribution in [0.25, 0.3) is 0 Å². The first-order chi connectivity index (χ1) is 9.73. The summed E-state index contributed by atoms with van der Waals surface area (Å²) in [5, 5.41) is 2.51. The summed E-state index contributed by atoms with van der Waals surface area (Å²) in [6.07, 6.45) is -5.42. The van der Waals surface area contributed by atoms with E-state index in [0.29, 0.717) is 5.56 Å². The molecule has 1 aromatic carbocycles. The third-order valence-electron chi connectivity index (χ3n) is 2.47. The quantitative estimate of drug-likeness (QED) is 0.842. The van der Waals surface area contributed by atoms with Crippen LogP contribution in [0.4, 0.5) is 13.2 Å². The Hall–Kier alpha value is -1.71. The standard InChI is InChI=1S/C14H14ClF3N2O/c1-9(8-14(16,17)18)20-13(21)11-5-4-10(3-2-6-19)12(15)7-11/h4-5,7,9H,6,8,19H2,1H3,(H,20,21). The van der Waals surface area contributed by atoms with Gasteiger partial charge in [0.05, 0.1) is 18.0 Å². The molecule has 0 fully saturated rings. The van der Waals surface area contributed by atoms with Gasteiger partial charge in [0, 0.05) is 17.2 Å². The SMILES string of the molecule is CC(CC(F)(F)F)NC(=O)c1ccc(C#CCN)c(Cl)c1.